The zero-order chi connectivity index (χ0) is 20.2. The molecule has 1 N–H and O–H groups in total. The van der Waals surface area contributed by atoms with Crippen molar-refractivity contribution in [2.24, 2.45) is 0 Å². The van der Waals surface area contributed by atoms with E-state index in [2.05, 4.69) is 19.2 Å². The van der Waals surface area contributed by atoms with Gasteiger partial charge in [0.15, 0.2) is 0 Å². The molecule has 0 unspecified atom stereocenters. The van der Waals surface area contributed by atoms with E-state index < -0.39 is 10.0 Å². The summed E-state index contributed by atoms with van der Waals surface area (Å²) in [5, 5.41) is 2.83. The van der Waals surface area contributed by atoms with Gasteiger partial charge in [-0.05, 0) is 54.7 Å². The molecule has 0 aromatic heterocycles. The molecule has 0 saturated heterocycles. The Morgan fingerprint density at radius 2 is 1.70 bits per heavy atom. The number of anilines is 2. The molecule has 0 aliphatic rings. The average Bonchev–Trinajstić information content (AvgIpc) is 2.58. The van der Waals surface area contributed by atoms with Gasteiger partial charge in [-0.2, -0.15) is 0 Å². The topological polar surface area (TPSA) is 66.5 Å². The lowest BCUT2D eigenvalue weighted by molar-refractivity contribution is -0.116. The van der Waals surface area contributed by atoms with Crippen LogP contribution in [0.2, 0.25) is 0 Å². The lowest BCUT2D eigenvalue weighted by Gasteiger charge is -2.24. The van der Waals surface area contributed by atoms with Crippen LogP contribution in [0.25, 0.3) is 0 Å². The molecule has 5 nitrogen and oxygen atoms in total. The highest BCUT2D eigenvalue weighted by molar-refractivity contribution is 7.92. The van der Waals surface area contributed by atoms with Gasteiger partial charge in [-0.15, -0.1) is 0 Å². The van der Waals surface area contributed by atoms with Crippen molar-refractivity contribution in [3.63, 3.8) is 0 Å². The lowest BCUT2D eigenvalue weighted by atomic mass is 10.0. The van der Waals surface area contributed by atoms with E-state index in [-0.39, 0.29) is 18.9 Å². The summed E-state index contributed by atoms with van der Waals surface area (Å²) >= 11 is 0. The van der Waals surface area contributed by atoms with Crippen molar-refractivity contribution in [2.75, 3.05) is 22.4 Å². The van der Waals surface area contributed by atoms with Crippen LogP contribution in [0, 0.1) is 13.8 Å². The molecule has 1 amide bonds. The maximum atomic E-state index is 12.3. The van der Waals surface area contributed by atoms with Crippen LogP contribution in [0.15, 0.2) is 42.5 Å². The first-order valence-corrected chi connectivity index (χ1v) is 10.9. The van der Waals surface area contributed by atoms with Crippen LogP contribution in [0.4, 0.5) is 11.4 Å². The molecule has 0 saturated carbocycles. The Balaban J connectivity index is 2.09. The van der Waals surface area contributed by atoms with Gasteiger partial charge in [0.2, 0.25) is 15.9 Å². The molecule has 0 radical (unpaired) electrons. The van der Waals surface area contributed by atoms with E-state index in [9.17, 15) is 13.2 Å². The second-order valence-electron chi connectivity index (χ2n) is 7.13. The summed E-state index contributed by atoms with van der Waals surface area (Å²) < 4.78 is 25.8. The third kappa shape index (κ3) is 5.57. The van der Waals surface area contributed by atoms with Crippen LogP contribution in [0.5, 0.6) is 0 Å². The number of aryl methyl sites for hydroxylation is 1. The molecule has 6 heteroatoms. The van der Waals surface area contributed by atoms with E-state index in [0.717, 1.165) is 17.4 Å². The summed E-state index contributed by atoms with van der Waals surface area (Å²) in [6, 6.07) is 13.2. The monoisotopic (exact) mass is 388 g/mol. The van der Waals surface area contributed by atoms with Gasteiger partial charge in [-0.1, -0.05) is 38.1 Å². The van der Waals surface area contributed by atoms with Crippen molar-refractivity contribution >= 4 is 27.3 Å². The minimum atomic E-state index is -3.49. The van der Waals surface area contributed by atoms with Gasteiger partial charge >= 0.3 is 0 Å². The maximum absolute atomic E-state index is 12.3. The van der Waals surface area contributed by atoms with Crippen LogP contribution >= 0.6 is 0 Å². The predicted octanol–water partition coefficient (Wildman–Crippen LogP) is 4.22. The van der Waals surface area contributed by atoms with E-state index in [0.29, 0.717) is 17.3 Å². The second-order valence-corrected chi connectivity index (χ2v) is 9.04. The fourth-order valence-corrected chi connectivity index (χ4v) is 3.83. The molecule has 0 fully saturated rings. The Morgan fingerprint density at radius 3 is 2.26 bits per heavy atom. The van der Waals surface area contributed by atoms with E-state index in [4.69, 9.17) is 0 Å². The van der Waals surface area contributed by atoms with Gasteiger partial charge in [0.05, 0.1) is 11.9 Å². The molecule has 2 aromatic rings. The van der Waals surface area contributed by atoms with Crippen molar-refractivity contribution in [1.82, 2.24) is 0 Å². The molecule has 0 heterocycles. The molecular weight excluding hydrogens is 360 g/mol. The molecule has 0 spiro atoms. The van der Waals surface area contributed by atoms with Crippen LogP contribution in [-0.2, 0) is 14.8 Å². The maximum Gasteiger partial charge on any atom is 0.232 e. The zero-order valence-corrected chi connectivity index (χ0v) is 17.4. The average molecular weight is 389 g/mol. The number of amides is 1. The first-order valence-electron chi connectivity index (χ1n) is 9.03. The number of rotatable bonds is 7. The molecule has 2 rings (SSSR count). The van der Waals surface area contributed by atoms with Crippen LogP contribution in [0.3, 0.4) is 0 Å². The number of hydrogen-bond donors (Lipinski definition) is 1. The molecule has 27 heavy (non-hydrogen) atoms. The summed E-state index contributed by atoms with van der Waals surface area (Å²) in [6.45, 7) is 8.15. The van der Waals surface area contributed by atoms with E-state index >= 15 is 0 Å². The second kappa shape index (κ2) is 8.57. The number of carbonyl (C=O) groups is 1. The van der Waals surface area contributed by atoms with E-state index in [1.807, 2.05) is 50.2 Å². The molecule has 2 aromatic carbocycles. The number of hydrogen-bond acceptors (Lipinski definition) is 3. The highest BCUT2D eigenvalue weighted by Gasteiger charge is 2.20. The zero-order valence-electron chi connectivity index (χ0n) is 16.6. The van der Waals surface area contributed by atoms with Crippen molar-refractivity contribution in [2.45, 2.75) is 40.0 Å². The standard InChI is InChI=1S/C21H28N2O3S/c1-15(2)18-9-11-19(12-10-18)22-21(24)13-14-23(27(5,25)26)20-8-6-7-16(3)17(20)4/h6-12,15H,13-14H2,1-5H3,(H,22,24). The van der Waals surface area contributed by atoms with Crippen molar-refractivity contribution < 1.29 is 13.2 Å². The van der Waals surface area contributed by atoms with Gasteiger partial charge < -0.3 is 5.32 Å². The minimum absolute atomic E-state index is 0.0758. The number of sulfonamides is 1. The van der Waals surface area contributed by atoms with Crippen LogP contribution in [-0.4, -0.2) is 27.1 Å². The molecule has 0 bridgehead atoms. The van der Waals surface area contributed by atoms with Gasteiger partial charge in [-0.3, -0.25) is 9.10 Å². The lowest BCUT2D eigenvalue weighted by Crippen LogP contribution is -2.33. The molecule has 146 valence electrons. The van der Waals surface area contributed by atoms with Gasteiger partial charge in [0, 0.05) is 18.7 Å². The molecule has 0 atom stereocenters. The predicted molar refractivity (Wildman–Crippen MR) is 112 cm³/mol. The molecule has 0 aliphatic heterocycles. The van der Waals surface area contributed by atoms with E-state index in [1.165, 1.54) is 9.87 Å². The van der Waals surface area contributed by atoms with Gasteiger partial charge in [0.25, 0.3) is 0 Å². The van der Waals surface area contributed by atoms with Gasteiger partial charge in [-0.25, -0.2) is 8.42 Å². The highest BCUT2D eigenvalue weighted by atomic mass is 32.2. The Hall–Kier alpha value is -2.34. The number of nitrogens with zero attached hydrogens (tertiary/aromatic N) is 1. The highest BCUT2D eigenvalue weighted by Crippen LogP contribution is 2.25. The quantitative estimate of drug-likeness (QED) is 0.772. The van der Waals surface area contributed by atoms with Gasteiger partial charge in [0.1, 0.15) is 0 Å². The summed E-state index contributed by atoms with van der Waals surface area (Å²) in [4.78, 5) is 12.3. The number of nitrogens with one attached hydrogen (secondary N) is 1. The third-order valence-corrected chi connectivity index (χ3v) is 5.83. The summed E-state index contributed by atoms with van der Waals surface area (Å²) in [5.74, 6) is 0.210. The smallest absolute Gasteiger partial charge is 0.232 e. The Bertz CT molecular complexity index is 904. The van der Waals surface area contributed by atoms with Crippen molar-refractivity contribution in [1.29, 1.82) is 0 Å². The summed E-state index contributed by atoms with van der Waals surface area (Å²) in [6.07, 6.45) is 1.24. The summed E-state index contributed by atoms with van der Waals surface area (Å²) in [5.41, 5.74) is 4.43. The van der Waals surface area contributed by atoms with E-state index in [1.54, 1.807) is 6.07 Å². The minimum Gasteiger partial charge on any atom is -0.326 e. The SMILES string of the molecule is Cc1cccc(N(CCC(=O)Nc2ccc(C(C)C)cc2)S(C)(=O)=O)c1C. The van der Waals surface area contributed by atoms with Crippen LogP contribution < -0.4 is 9.62 Å². The number of carbonyl (C=O) groups excluding carboxylic acids is 1. The normalized spacial score (nSPS) is 11.5. The first-order chi connectivity index (χ1) is 12.6. The van der Waals surface area contributed by atoms with Crippen molar-refractivity contribution in [3.05, 3.63) is 59.2 Å². The number of benzene rings is 2. The van der Waals surface area contributed by atoms with Crippen molar-refractivity contribution in [3.8, 4) is 0 Å². The van der Waals surface area contributed by atoms with Crippen LogP contribution in [0.1, 0.15) is 42.9 Å². The first kappa shape index (κ1) is 21.0. The summed E-state index contributed by atoms with van der Waals surface area (Å²) in [7, 11) is -3.49. The fourth-order valence-electron chi connectivity index (χ4n) is 2.85. The third-order valence-electron chi connectivity index (χ3n) is 4.65. The largest absolute Gasteiger partial charge is 0.326 e. The molecular formula is C21H28N2O3S. The Labute approximate surface area is 162 Å². The Morgan fingerprint density at radius 1 is 1.07 bits per heavy atom. The fraction of sp³-hybridized carbons (Fsp3) is 0.381. The Kier molecular flexibility index (Phi) is 6.65. The molecule has 0 aliphatic carbocycles.